The number of carbonyl (C=O) groups is 2. The standard InChI is InChI=1S/C14H18FN3O2/c15-10-3-2-9(13(17)20)6-11(10)18-12(19)7-14(8-16)4-1-5-14/h2-3,6H,1,4-5,7-8,16H2,(H2,17,20)(H,18,19). The molecule has 0 unspecified atom stereocenters. The van der Waals surface area contributed by atoms with Crippen LogP contribution in [0.25, 0.3) is 0 Å². The predicted molar refractivity (Wildman–Crippen MR) is 73.5 cm³/mol. The van der Waals surface area contributed by atoms with Gasteiger partial charge in [0.25, 0.3) is 0 Å². The minimum atomic E-state index is -0.669. The summed E-state index contributed by atoms with van der Waals surface area (Å²) in [6.07, 6.45) is 3.17. The van der Waals surface area contributed by atoms with E-state index < -0.39 is 11.7 Å². The van der Waals surface area contributed by atoms with E-state index in [9.17, 15) is 14.0 Å². The van der Waals surface area contributed by atoms with Gasteiger partial charge in [0.15, 0.2) is 0 Å². The number of primary amides is 1. The van der Waals surface area contributed by atoms with Crippen molar-refractivity contribution >= 4 is 17.5 Å². The molecule has 0 radical (unpaired) electrons. The van der Waals surface area contributed by atoms with Crippen LogP contribution in [0.4, 0.5) is 10.1 Å². The highest BCUT2D eigenvalue weighted by Crippen LogP contribution is 2.43. The summed E-state index contributed by atoms with van der Waals surface area (Å²) in [6.45, 7) is 0.449. The number of carbonyl (C=O) groups excluding carboxylic acids is 2. The van der Waals surface area contributed by atoms with Crippen molar-refractivity contribution in [3.8, 4) is 0 Å². The van der Waals surface area contributed by atoms with Gasteiger partial charge >= 0.3 is 0 Å². The first-order valence-electron chi connectivity index (χ1n) is 6.55. The molecule has 0 aliphatic heterocycles. The van der Waals surface area contributed by atoms with Gasteiger partial charge in [-0.3, -0.25) is 9.59 Å². The number of hydrogen-bond donors (Lipinski definition) is 3. The molecule has 0 spiro atoms. The Morgan fingerprint density at radius 1 is 1.35 bits per heavy atom. The van der Waals surface area contributed by atoms with Crippen molar-refractivity contribution in [3.63, 3.8) is 0 Å². The maximum atomic E-state index is 13.6. The lowest BCUT2D eigenvalue weighted by molar-refractivity contribution is -0.119. The molecule has 0 heterocycles. The van der Waals surface area contributed by atoms with Gasteiger partial charge in [0.2, 0.25) is 11.8 Å². The second-order valence-electron chi connectivity index (χ2n) is 5.34. The minimum absolute atomic E-state index is 0.0298. The van der Waals surface area contributed by atoms with Gasteiger partial charge < -0.3 is 16.8 Å². The number of halogens is 1. The molecule has 0 saturated heterocycles. The topological polar surface area (TPSA) is 98.2 Å². The highest BCUT2D eigenvalue weighted by molar-refractivity contribution is 5.96. The fraction of sp³-hybridized carbons (Fsp3) is 0.429. The molecule has 2 rings (SSSR count). The van der Waals surface area contributed by atoms with Crippen molar-refractivity contribution in [1.82, 2.24) is 0 Å². The first kappa shape index (κ1) is 14.5. The summed E-state index contributed by atoms with van der Waals surface area (Å²) in [5.41, 5.74) is 10.8. The third-order valence-electron chi connectivity index (χ3n) is 3.91. The maximum Gasteiger partial charge on any atom is 0.248 e. The van der Waals surface area contributed by atoms with Crippen LogP contribution in [0.15, 0.2) is 18.2 Å². The largest absolute Gasteiger partial charge is 0.366 e. The minimum Gasteiger partial charge on any atom is -0.366 e. The molecule has 0 aromatic heterocycles. The smallest absolute Gasteiger partial charge is 0.248 e. The van der Waals surface area contributed by atoms with E-state index in [-0.39, 0.29) is 29.0 Å². The van der Waals surface area contributed by atoms with E-state index in [4.69, 9.17) is 11.5 Å². The Balaban J connectivity index is 2.07. The van der Waals surface area contributed by atoms with Gasteiger partial charge in [-0.1, -0.05) is 6.42 Å². The molecule has 1 saturated carbocycles. The summed E-state index contributed by atoms with van der Waals surface area (Å²) in [4.78, 5) is 23.0. The predicted octanol–water partition coefficient (Wildman–Crippen LogP) is 1.38. The van der Waals surface area contributed by atoms with Crippen LogP contribution in [0.5, 0.6) is 0 Å². The summed E-state index contributed by atoms with van der Waals surface area (Å²) < 4.78 is 13.6. The molecule has 0 bridgehead atoms. The van der Waals surface area contributed by atoms with Crippen molar-refractivity contribution in [2.75, 3.05) is 11.9 Å². The maximum absolute atomic E-state index is 13.6. The zero-order valence-corrected chi connectivity index (χ0v) is 11.1. The lowest BCUT2D eigenvalue weighted by Gasteiger charge is -2.40. The van der Waals surface area contributed by atoms with Crippen LogP contribution in [0.2, 0.25) is 0 Å². The van der Waals surface area contributed by atoms with Crippen molar-refractivity contribution in [3.05, 3.63) is 29.6 Å². The van der Waals surface area contributed by atoms with Gasteiger partial charge in [0.1, 0.15) is 5.82 Å². The van der Waals surface area contributed by atoms with Gasteiger partial charge in [-0.25, -0.2) is 4.39 Å². The van der Waals surface area contributed by atoms with Crippen LogP contribution in [0.3, 0.4) is 0 Å². The van der Waals surface area contributed by atoms with E-state index in [2.05, 4.69) is 5.32 Å². The van der Waals surface area contributed by atoms with E-state index in [0.717, 1.165) is 25.3 Å². The average Bonchev–Trinajstić information content (AvgIpc) is 2.36. The van der Waals surface area contributed by atoms with Crippen LogP contribution < -0.4 is 16.8 Å². The van der Waals surface area contributed by atoms with E-state index >= 15 is 0 Å². The second kappa shape index (κ2) is 5.58. The number of anilines is 1. The molecule has 1 aliphatic carbocycles. The molecule has 5 nitrogen and oxygen atoms in total. The normalized spacial score (nSPS) is 16.3. The molecular weight excluding hydrogens is 261 g/mol. The highest BCUT2D eigenvalue weighted by Gasteiger charge is 2.37. The fourth-order valence-electron chi connectivity index (χ4n) is 2.44. The third kappa shape index (κ3) is 2.96. The number of nitrogens with one attached hydrogen (secondary N) is 1. The quantitative estimate of drug-likeness (QED) is 0.759. The molecule has 6 heteroatoms. The zero-order valence-electron chi connectivity index (χ0n) is 11.1. The van der Waals surface area contributed by atoms with Crippen molar-refractivity contribution in [2.24, 2.45) is 16.9 Å². The molecule has 2 amide bonds. The van der Waals surface area contributed by atoms with Crippen molar-refractivity contribution in [1.29, 1.82) is 0 Å². The number of hydrogen-bond acceptors (Lipinski definition) is 3. The lowest BCUT2D eigenvalue weighted by atomic mass is 9.66. The van der Waals surface area contributed by atoms with E-state index in [1.54, 1.807) is 0 Å². The molecule has 1 fully saturated rings. The van der Waals surface area contributed by atoms with Crippen molar-refractivity contribution in [2.45, 2.75) is 25.7 Å². The first-order chi connectivity index (χ1) is 9.46. The van der Waals surface area contributed by atoms with Gasteiger partial charge in [-0.15, -0.1) is 0 Å². The number of benzene rings is 1. The average molecular weight is 279 g/mol. The van der Waals surface area contributed by atoms with Crippen LogP contribution in [0, 0.1) is 11.2 Å². The molecule has 1 aliphatic rings. The fourth-order valence-corrected chi connectivity index (χ4v) is 2.44. The van der Waals surface area contributed by atoms with Crippen molar-refractivity contribution < 1.29 is 14.0 Å². The van der Waals surface area contributed by atoms with Crippen LogP contribution >= 0.6 is 0 Å². The molecule has 0 atom stereocenters. The van der Waals surface area contributed by atoms with Crippen LogP contribution in [0.1, 0.15) is 36.0 Å². The Bertz CT molecular complexity index is 536. The summed E-state index contributed by atoms with van der Waals surface area (Å²) >= 11 is 0. The Labute approximate surface area is 116 Å². The Kier molecular flexibility index (Phi) is 4.04. The first-order valence-corrected chi connectivity index (χ1v) is 6.55. The monoisotopic (exact) mass is 279 g/mol. The molecule has 20 heavy (non-hydrogen) atoms. The summed E-state index contributed by atoms with van der Waals surface area (Å²) in [7, 11) is 0. The van der Waals surface area contributed by atoms with Gasteiger partial charge in [-0.05, 0) is 43.0 Å². The molecular formula is C14H18FN3O2. The number of rotatable bonds is 5. The highest BCUT2D eigenvalue weighted by atomic mass is 19.1. The van der Waals surface area contributed by atoms with Gasteiger partial charge in [0, 0.05) is 12.0 Å². The molecule has 1 aromatic carbocycles. The third-order valence-corrected chi connectivity index (χ3v) is 3.91. The lowest BCUT2D eigenvalue weighted by Crippen LogP contribution is -2.40. The van der Waals surface area contributed by atoms with Crippen LogP contribution in [-0.2, 0) is 4.79 Å². The summed E-state index contributed by atoms with van der Waals surface area (Å²) in [5, 5.41) is 2.49. The molecule has 5 N–H and O–H groups in total. The Morgan fingerprint density at radius 2 is 2.05 bits per heavy atom. The number of amides is 2. The van der Waals surface area contributed by atoms with E-state index in [1.165, 1.54) is 12.1 Å². The number of nitrogens with two attached hydrogens (primary N) is 2. The van der Waals surface area contributed by atoms with E-state index in [0.29, 0.717) is 6.54 Å². The Hall–Kier alpha value is -1.95. The van der Waals surface area contributed by atoms with Crippen LogP contribution in [-0.4, -0.2) is 18.4 Å². The van der Waals surface area contributed by atoms with Gasteiger partial charge in [0.05, 0.1) is 5.69 Å². The zero-order chi connectivity index (χ0) is 14.8. The Morgan fingerprint density at radius 3 is 2.55 bits per heavy atom. The SMILES string of the molecule is NCC1(CC(=O)Nc2cc(C(N)=O)ccc2F)CCC1. The molecule has 108 valence electrons. The van der Waals surface area contributed by atoms with E-state index in [1.807, 2.05) is 0 Å². The molecule has 1 aromatic rings. The second-order valence-corrected chi connectivity index (χ2v) is 5.34. The summed E-state index contributed by atoms with van der Waals surface area (Å²) in [6, 6.07) is 3.63. The summed E-state index contributed by atoms with van der Waals surface area (Å²) in [5.74, 6) is -1.56. The van der Waals surface area contributed by atoms with Gasteiger partial charge in [-0.2, -0.15) is 0 Å².